The molecule has 0 aliphatic heterocycles. The van der Waals surface area contributed by atoms with Crippen LogP contribution in [0.3, 0.4) is 0 Å². The molecule has 1 amide bonds. The normalized spacial score (nSPS) is 11.0. The molecule has 2 aromatic carbocycles. The number of halogens is 1. The fraction of sp³-hybridized carbons (Fsp3) is 0.0526. The maximum absolute atomic E-state index is 12.5. The van der Waals surface area contributed by atoms with Crippen LogP contribution in [0.2, 0.25) is 0 Å². The van der Waals surface area contributed by atoms with E-state index in [2.05, 4.69) is 31.0 Å². The van der Waals surface area contributed by atoms with Crippen LogP contribution in [-0.2, 0) is 10.0 Å². The van der Waals surface area contributed by atoms with E-state index in [1.165, 1.54) is 18.2 Å². The maximum atomic E-state index is 12.5. The molecule has 138 valence electrons. The topological polar surface area (TPSA) is 88.2 Å². The SMILES string of the molecule is Cc1ccc(NC(=O)c2cccc(NS(=O)(=O)c3ccc(Br)cc3)c2)nc1. The summed E-state index contributed by atoms with van der Waals surface area (Å²) in [6, 6.07) is 16.1. The van der Waals surface area contributed by atoms with Gasteiger partial charge in [-0.3, -0.25) is 9.52 Å². The Morgan fingerprint density at radius 3 is 2.44 bits per heavy atom. The van der Waals surface area contributed by atoms with Crippen LogP contribution in [0.15, 0.2) is 76.2 Å². The number of nitrogens with one attached hydrogen (secondary N) is 2. The van der Waals surface area contributed by atoms with Crippen LogP contribution >= 0.6 is 15.9 Å². The third-order valence-electron chi connectivity index (χ3n) is 3.65. The minimum absolute atomic E-state index is 0.129. The quantitative estimate of drug-likeness (QED) is 0.615. The van der Waals surface area contributed by atoms with Gasteiger partial charge in [0.05, 0.1) is 4.90 Å². The first kappa shape index (κ1) is 19.1. The second-order valence-electron chi connectivity index (χ2n) is 5.82. The number of nitrogens with zero attached hydrogens (tertiary/aromatic N) is 1. The minimum atomic E-state index is -3.75. The molecule has 3 rings (SSSR count). The van der Waals surface area contributed by atoms with Gasteiger partial charge in [-0.2, -0.15) is 0 Å². The van der Waals surface area contributed by atoms with Gasteiger partial charge in [-0.1, -0.05) is 28.1 Å². The molecule has 0 unspecified atom stereocenters. The van der Waals surface area contributed by atoms with E-state index in [0.29, 0.717) is 17.1 Å². The Balaban J connectivity index is 1.77. The summed E-state index contributed by atoms with van der Waals surface area (Å²) in [6.07, 6.45) is 1.65. The Morgan fingerprint density at radius 1 is 1.04 bits per heavy atom. The molecule has 0 atom stereocenters. The number of hydrogen-bond donors (Lipinski definition) is 2. The third kappa shape index (κ3) is 4.93. The molecule has 6 nitrogen and oxygen atoms in total. The van der Waals surface area contributed by atoms with Crippen molar-refractivity contribution in [3.05, 3.63) is 82.5 Å². The van der Waals surface area contributed by atoms with Crippen LogP contribution in [0.5, 0.6) is 0 Å². The summed E-state index contributed by atoms with van der Waals surface area (Å²) in [6.45, 7) is 1.90. The highest BCUT2D eigenvalue weighted by molar-refractivity contribution is 9.10. The minimum Gasteiger partial charge on any atom is -0.307 e. The molecule has 3 aromatic rings. The molecule has 0 fully saturated rings. The zero-order valence-electron chi connectivity index (χ0n) is 14.3. The highest BCUT2D eigenvalue weighted by Gasteiger charge is 2.15. The zero-order valence-corrected chi connectivity index (χ0v) is 16.7. The lowest BCUT2D eigenvalue weighted by atomic mass is 10.2. The van der Waals surface area contributed by atoms with Gasteiger partial charge >= 0.3 is 0 Å². The Morgan fingerprint density at radius 2 is 1.78 bits per heavy atom. The number of carbonyl (C=O) groups excluding carboxylic acids is 1. The summed E-state index contributed by atoms with van der Waals surface area (Å²) in [5.41, 5.74) is 1.59. The fourth-order valence-electron chi connectivity index (χ4n) is 2.28. The first-order chi connectivity index (χ1) is 12.8. The van der Waals surface area contributed by atoms with Gasteiger partial charge in [0.25, 0.3) is 15.9 Å². The number of carbonyl (C=O) groups is 1. The number of rotatable bonds is 5. The van der Waals surface area contributed by atoms with E-state index in [1.54, 1.807) is 42.6 Å². The van der Waals surface area contributed by atoms with E-state index in [1.807, 2.05) is 13.0 Å². The van der Waals surface area contributed by atoms with Gasteiger partial charge in [0.1, 0.15) is 5.82 Å². The Hall–Kier alpha value is -2.71. The summed E-state index contributed by atoms with van der Waals surface area (Å²) in [5, 5.41) is 2.68. The van der Waals surface area contributed by atoms with Crippen LogP contribution in [0.4, 0.5) is 11.5 Å². The highest BCUT2D eigenvalue weighted by Crippen LogP contribution is 2.20. The number of hydrogen-bond acceptors (Lipinski definition) is 4. The number of amides is 1. The number of aromatic nitrogens is 1. The van der Waals surface area contributed by atoms with Crippen molar-refractivity contribution in [3.8, 4) is 0 Å². The molecule has 0 bridgehead atoms. The van der Waals surface area contributed by atoms with Gasteiger partial charge in [0.15, 0.2) is 0 Å². The summed E-state index contributed by atoms with van der Waals surface area (Å²) in [4.78, 5) is 16.6. The second-order valence-corrected chi connectivity index (χ2v) is 8.41. The number of aryl methyl sites for hydroxylation is 1. The molecule has 0 spiro atoms. The largest absolute Gasteiger partial charge is 0.307 e. The Labute approximate surface area is 165 Å². The van der Waals surface area contributed by atoms with E-state index >= 15 is 0 Å². The van der Waals surface area contributed by atoms with Gasteiger partial charge in [0.2, 0.25) is 0 Å². The van der Waals surface area contributed by atoms with Crippen LogP contribution in [0.1, 0.15) is 15.9 Å². The van der Waals surface area contributed by atoms with Crippen LogP contribution in [0, 0.1) is 6.92 Å². The van der Waals surface area contributed by atoms with Crippen LogP contribution in [-0.4, -0.2) is 19.3 Å². The average Bonchev–Trinajstić information content (AvgIpc) is 2.64. The molecule has 8 heteroatoms. The van der Waals surface area contributed by atoms with Crippen molar-refractivity contribution in [2.24, 2.45) is 0 Å². The van der Waals surface area contributed by atoms with Crippen LogP contribution < -0.4 is 10.0 Å². The second kappa shape index (κ2) is 7.89. The summed E-state index contributed by atoms with van der Waals surface area (Å²) in [7, 11) is -3.75. The Kier molecular flexibility index (Phi) is 5.57. The van der Waals surface area contributed by atoms with Crippen molar-refractivity contribution in [2.75, 3.05) is 10.0 Å². The molecule has 0 saturated heterocycles. The maximum Gasteiger partial charge on any atom is 0.261 e. The monoisotopic (exact) mass is 445 g/mol. The summed E-state index contributed by atoms with van der Waals surface area (Å²) < 4.78 is 28.2. The van der Waals surface area contributed by atoms with E-state index in [0.717, 1.165) is 10.0 Å². The molecule has 0 radical (unpaired) electrons. The van der Waals surface area contributed by atoms with Gasteiger partial charge < -0.3 is 5.32 Å². The molecule has 1 aromatic heterocycles. The first-order valence-electron chi connectivity index (χ1n) is 7.96. The summed E-state index contributed by atoms with van der Waals surface area (Å²) in [5.74, 6) is 0.0440. The molecule has 0 aliphatic rings. The van der Waals surface area contributed by atoms with Crippen molar-refractivity contribution in [2.45, 2.75) is 11.8 Å². The standard InChI is InChI=1S/C19H16BrN3O3S/c1-13-5-10-18(21-12-13)22-19(24)14-3-2-4-16(11-14)23-27(25,26)17-8-6-15(20)7-9-17/h2-12,23H,1H3,(H,21,22,24). The van der Waals surface area contributed by atoms with Crippen molar-refractivity contribution in [1.82, 2.24) is 4.98 Å². The molecular weight excluding hydrogens is 430 g/mol. The predicted molar refractivity (Wildman–Crippen MR) is 108 cm³/mol. The van der Waals surface area contributed by atoms with Crippen molar-refractivity contribution in [1.29, 1.82) is 0 Å². The highest BCUT2D eigenvalue weighted by atomic mass is 79.9. The lowest BCUT2D eigenvalue weighted by molar-refractivity contribution is 0.102. The molecule has 27 heavy (non-hydrogen) atoms. The zero-order chi connectivity index (χ0) is 19.4. The smallest absolute Gasteiger partial charge is 0.261 e. The molecule has 1 heterocycles. The van der Waals surface area contributed by atoms with E-state index in [-0.39, 0.29) is 10.8 Å². The number of benzene rings is 2. The fourth-order valence-corrected chi connectivity index (χ4v) is 3.60. The number of pyridine rings is 1. The van der Waals surface area contributed by atoms with Crippen molar-refractivity contribution in [3.63, 3.8) is 0 Å². The molecule has 0 saturated carbocycles. The van der Waals surface area contributed by atoms with Gasteiger partial charge in [0, 0.05) is 21.9 Å². The third-order valence-corrected chi connectivity index (χ3v) is 5.58. The van der Waals surface area contributed by atoms with E-state index in [9.17, 15) is 13.2 Å². The molecular formula is C19H16BrN3O3S. The number of anilines is 2. The molecule has 0 aliphatic carbocycles. The summed E-state index contributed by atoms with van der Waals surface area (Å²) >= 11 is 3.27. The van der Waals surface area contributed by atoms with Crippen molar-refractivity contribution < 1.29 is 13.2 Å². The van der Waals surface area contributed by atoms with Gasteiger partial charge in [-0.05, 0) is 61.0 Å². The van der Waals surface area contributed by atoms with E-state index in [4.69, 9.17) is 0 Å². The van der Waals surface area contributed by atoms with Gasteiger partial charge in [-0.15, -0.1) is 0 Å². The van der Waals surface area contributed by atoms with E-state index < -0.39 is 10.0 Å². The lowest BCUT2D eigenvalue weighted by Gasteiger charge is -2.10. The average molecular weight is 446 g/mol. The number of sulfonamides is 1. The predicted octanol–water partition coefficient (Wildman–Crippen LogP) is 4.21. The van der Waals surface area contributed by atoms with Gasteiger partial charge in [-0.25, -0.2) is 13.4 Å². The van der Waals surface area contributed by atoms with Crippen LogP contribution in [0.25, 0.3) is 0 Å². The van der Waals surface area contributed by atoms with Crippen molar-refractivity contribution >= 4 is 43.4 Å². The first-order valence-corrected chi connectivity index (χ1v) is 10.2. The molecule has 2 N–H and O–H groups in total. The Bertz CT molecular complexity index is 1070. The lowest BCUT2D eigenvalue weighted by Crippen LogP contribution is -2.15.